The lowest BCUT2D eigenvalue weighted by atomic mass is 10.1. The first-order valence-corrected chi connectivity index (χ1v) is 7.10. The normalized spacial score (nSPS) is 10.6. The van der Waals surface area contributed by atoms with Gasteiger partial charge in [-0.15, -0.1) is 0 Å². The van der Waals surface area contributed by atoms with E-state index in [-0.39, 0.29) is 0 Å². The van der Waals surface area contributed by atoms with Crippen molar-refractivity contribution >= 4 is 33.1 Å². The van der Waals surface area contributed by atoms with Crippen LogP contribution in [0.25, 0.3) is 10.9 Å². The summed E-state index contributed by atoms with van der Waals surface area (Å²) in [5, 5.41) is 0.851. The number of hydrogen-bond acceptors (Lipinski definition) is 4. The molecule has 0 aliphatic heterocycles. The third kappa shape index (κ3) is 2.78. The van der Waals surface area contributed by atoms with Crippen molar-refractivity contribution in [2.45, 2.75) is 6.92 Å². The molecule has 3 rings (SSSR count). The van der Waals surface area contributed by atoms with Crippen LogP contribution in [0.4, 0.5) is 0 Å². The second-order valence-electron chi connectivity index (χ2n) is 4.61. The van der Waals surface area contributed by atoms with Crippen LogP contribution in [0.1, 0.15) is 15.9 Å². The first-order chi connectivity index (χ1) is 10.2. The number of aromatic nitrogens is 2. The third-order valence-electron chi connectivity index (χ3n) is 3.05. The van der Waals surface area contributed by atoms with Crippen molar-refractivity contribution in [1.82, 2.24) is 9.97 Å². The third-order valence-corrected chi connectivity index (χ3v) is 3.67. The lowest BCUT2D eigenvalue weighted by molar-refractivity contribution is 0.112. The number of hydrogen-bond donors (Lipinski definition) is 0. The molecule has 2 aromatic carbocycles. The predicted molar refractivity (Wildman–Crippen MR) is 83.9 cm³/mol. The van der Waals surface area contributed by atoms with Crippen molar-refractivity contribution in [1.29, 1.82) is 0 Å². The number of fused-ring (bicyclic) bond motifs is 1. The molecular formula is C16H11BrN2O2. The minimum Gasteiger partial charge on any atom is -0.437 e. The Kier molecular flexibility index (Phi) is 3.66. The molecule has 0 saturated heterocycles. The zero-order valence-electron chi connectivity index (χ0n) is 11.2. The van der Waals surface area contributed by atoms with Gasteiger partial charge in [-0.2, -0.15) is 0 Å². The van der Waals surface area contributed by atoms with Crippen LogP contribution < -0.4 is 4.74 Å². The van der Waals surface area contributed by atoms with E-state index in [2.05, 4.69) is 25.9 Å². The summed E-state index contributed by atoms with van der Waals surface area (Å²) < 4.78 is 6.56. The van der Waals surface area contributed by atoms with Crippen LogP contribution in [-0.2, 0) is 0 Å². The molecule has 0 aliphatic carbocycles. The van der Waals surface area contributed by atoms with E-state index in [0.29, 0.717) is 21.7 Å². The fraction of sp³-hybridized carbons (Fsp3) is 0.0625. The van der Waals surface area contributed by atoms with E-state index in [4.69, 9.17) is 4.74 Å². The van der Waals surface area contributed by atoms with Gasteiger partial charge >= 0.3 is 0 Å². The lowest BCUT2D eigenvalue weighted by Gasteiger charge is -2.09. The number of carbonyl (C=O) groups is 1. The Morgan fingerprint density at radius 3 is 2.76 bits per heavy atom. The largest absolute Gasteiger partial charge is 0.437 e. The number of aryl methyl sites for hydroxylation is 1. The van der Waals surface area contributed by atoms with Crippen LogP contribution in [0, 0.1) is 6.92 Å². The standard InChI is InChI=1S/C16H11BrN2O2/c1-10-2-4-14-12(6-10)16(19-9-18-14)21-15-5-3-11(8-20)7-13(15)17/h2-9H,1H3. The van der Waals surface area contributed by atoms with Gasteiger partial charge in [0.15, 0.2) is 0 Å². The molecule has 0 fully saturated rings. The van der Waals surface area contributed by atoms with Gasteiger partial charge in [-0.05, 0) is 53.2 Å². The number of nitrogens with zero attached hydrogens (tertiary/aromatic N) is 2. The fourth-order valence-corrected chi connectivity index (χ4v) is 2.48. The number of benzene rings is 2. The molecule has 0 amide bonds. The molecule has 0 atom stereocenters. The number of rotatable bonds is 3. The van der Waals surface area contributed by atoms with Crippen molar-refractivity contribution < 1.29 is 9.53 Å². The van der Waals surface area contributed by atoms with E-state index in [1.54, 1.807) is 18.2 Å². The molecule has 0 unspecified atom stereocenters. The second kappa shape index (κ2) is 5.61. The average Bonchev–Trinajstić information content (AvgIpc) is 2.49. The molecule has 0 bridgehead atoms. The van der Waals surface area contributed by atoms with Crippen molar-refractivity contribution in [2.75, 3.05) is 0 Å². The van der Waals surface area contributed by atoms with Crippen LogP contribution >= 0.6 is 15.9 Å². The molecule has 0 N–H and O–H groups in total. The van der Waals surface area contributed by atoms with E-state index < -0.39 is 0 Å². The van der Waals surface area contributed by atoms with Crippen molar-refractivity contribution in [3.8, 4) is 11.6 Å². The van der Waals surface area contributed by atoms with Gasteiger partial charge in [0.2, 0.25) is 5.88 Å². The van der Waals surface area contributed by atoms with E-state index in [9.17, 15) is 4.79 Å². The Bertz CT molecular complexity index is 834. The molecule has 0 spiro atoms. The molecule has 4 nitrogen and oxygen atoms in total. The summed E-state index contributed by atoms with van der Waals surface area (Å²) >= 11 is 3.40. The van der Waals surface area contributed by atoms with Gasteiger partial charge in [-0.25, -0.2) is 9.97 Å². The number of halogens is 1. The highest BCUT2D eigenvalue weighted by atomic mass is 79.9. The van der Waals surface area contributed by atoms with Crippen molar-refractivity contribution in [2.24, 2.45) is 0 Å². The van der Waals surface area contributed by atoms with Gasteiger partial charge < -0.3 is 4.74 Å². The van der Waals surface area contributed by atoms with Crippen LogP contribution in [0.2, 0.25) is 0 Å². The average molecular weight is 343 g/mol. The first-order valence-electron chi connectivity index (χ1n) is 6.31. The van der Waals surface area contributed by atoms with Gasteiger partial charge in [0.05, 0.1) is 15.4 Å². The van der Waals surface area contributed by atoms with Gasteiger partial charge in [0, 0.05) is 5.56 Å². The Balaban J connectivity index is 2.05. The smallest absolute Gasteiger partial charge is 0.230 e. The highest BCUT2D eigenvalue weighted by Gasteiger charge is 2.09. The lowest BCUT2D eigenvalue weighted by Crippen LogP contribution is -1.93. The second-order valence-corrected chi connectivity index (χ2v) is 5.46. The quantitative estimate of drug-likeness (QED) is 0.665. The first kappa shape index (κ1) is 13.7. The maximum Gasteiger partial charge on any atom is 0.230 e. The molecule has 5 heteroatoms. The zero-order valence-corrected chi connectivity index (χ0v) is 12.8. The van der Waals surface area contributed by atoms with Crippen LogP contribution in [-0.4, -0.2) is 16.3 Å². The van der Waals surface area contributed by atoms with E-state index in [0.717, 1.165) is 22.8 Å². The molecule has 0 aliphatic rings. The van der Waals surface area contributed by atoms with E-state index >= 15 is 0 Å². The minimum atomic E-state index is 0.489. The van der Waals surface area contributed by atoms with E-state index in [1.165, 1.54) is 6.33 Å². The van der Waals surface area contributed by atoms with Crippen LogP contribution in [0.3, 0.4) is 0 Å². The highest BCUT2D eigenvalue weighted by molar-refractivity contribution is 9.10. The van der Waals surface area contributed by atoms with Crippen molar-refractivity contribution in [3.05, 3.63) is 58.3 Å². The molecule has 0 radical (unpaired) electrons. The molecule has 0 saturated carbocycles. The summed E-state index contributed by atoms with van der Waals surface area (Å²) in [6.45, 7) is 2.00. The van der Waals surface area contributed by atoms with Gasteiger partial charge in [-0.3, -0.25) is 4.79 Å². The molecule has 1 aromatic heterocycles. The fourth-order valence-electron chi connectivity index (χ4n) is 2.01. The minimum absolute atomic E-state index is 0.489. The van der Waals surface area contributed by atoms with Gasteiger partial charge in [0.25, 0.3) is 0 Å². The predicted octanol–water partition coefficient (Wildman–Crippen LogP) is 4.31. The highest BCUT2D eigenvalue weighted by Crippen LogP contribution is 2.32. The SMILES string of the molecule is Cc1ccc2ncnc(Oc3ccc(C=O)cc3Br)c2c1. The van der Waals surface area contributed by atoms with Gasteiger partial charge in [0.1, 0.15) is 18.4 Å². The Morgan fingerprint density at radius 2 is 2.00 bits per heavy atom. The van der Waals surface area contributed by atoms with Gasteiger partial charge in [-0.1, -0.05) is 11.6 Å². The monoisotopic (exact) mass is 342 g/mol. The maximum absolute atomic E-state index is 10.8. The molecule has 21 heavy (non-hydrogen) atoms. The summed E-state index contributed by atoms with van der Waals surface area (Å²) in [6, 6.07) is 11.0. The molecule has 3 aromatic rings. The van der Waals surface area contributed by atoms with Crippen LogP contribution in [0.5, 0.6) is 11.6 Å². The maximum atomic E-state index is 10.8. The topological polar surface area (TPSA) is 52.1 Å². The summed E-state index contributed by atoms with van der Waals surface area (Å²) in [5.41, 5.74) is 2.52. The summed E-state index contributed by atoms with van der Waals surface area (Å²) in [7, 11) is 0. The van der Waals surface area contributed by atoms with Crippen LogP contribution in [0.15, 0.2) is 47.2 Å². The number of ether oxygens (including phenoxy) is 1. The Morgan fingerprint density at radius 1 is 1.14 bits per heavy atom. The number of aldehydes is 1. The van der Waals surface area contributed by atoms with E-state index in [1.807, 2.05) is 25.1 Å². The summed E-state index contributed by atoms with van der Waals surface area (Å²) in [4.78, 5) is 19.2. The Hall–Kier alpha value is -2.27. The molecular weight excluding hydrogens is 332 g/mol. The zero-order chi connectivity index (χ0) is 14.8. The summed E-state index contributed by atoms with van der Waals surface area (Å²) in [6.07, 6.45) is 2.26. The Labute approximate surface area is 129 Å². The summed E-state index contributed by atoms with van der Waals surface area (Å²) in [5.74, 6) is 1.09. The van der Waals surface area contributed by atoms with Crippen molar-refractivity contribution in [3.63, 3.8) is 0 Å². The molecule has 104 valence electrons. The number of carbonyl (C=O) groups excluding carboxylic acids is 1. The molecule has 1 heterocycles.